The van der Waals surface area contributed by atoms with Gasteiger partial charge >= 0.3 is 6.36 Å². The Bertz CT molecular complexity index is 613. The van der Waals surface area contributed by atoms with Crippen LogP contribution in [-0.4, -0.2) is 32.2 Å². The van der Waals surface area contributed by atoms with E-state index in [1.807, 2.05) is 0 Å². The average molecular weight is 388 g/mol. The van der Waals surface area contributed by atoms with Crippen molar-refractivity contribution >= 4 is 26.0 Å². The zero-order valence-electron chi connectivity index (χ0n) is 10.9. The Morgan fingerprint density at radius 3 is 2.33 bits per heavy atom. The molecule has 1 saturated heterocycles. The third kappa shape index (κ3) is 4.10. The Morgan fingerprint density at radius 1 is 1.14 bits per heavy atom. The molecular formula is C12H13BrF3NO3S. The monoisotopic (exact) mass is 387 g/mol. The van der Waals surface area contributed by atoms with Crippen LogP contribution >= 0.6 is 15.9 Å². The third-order valence-corrected chi connectivity index (χ3v) is 5.50. The lowest BCUT2D eigenvalue weighted by Crippen LogP contribution is -2.36. The molecule has 1 aliphatic heterocycles. The van der Waals surface area contributed by atoms with Crippen LogP contribution in [0.2, 0.25) is 0 Å². The molecular weight excluding hydrogens is 375 g/mol. The van der Waals surface area contributed by atoms with Gasteiger partial charge in [0.2, 0.25) is 10.0 Å². The number of sulfonamides is 1. The average Bonchev–Trinajstić information content (AvgIpc) is 2.37. The van der Waals surface area contributed by atoms with E-state index in [0.717, 1.165) is 18.6 Å². The zero-order valence-corrected chi connectivity index (χ0v) is 13.3. The first-order valence-corrected chi connectivity index (χ1v) is 8.49. The lowest BCUT2D eigenvalue weighted by atomic mass is 10.2. The fourth-order valence-electron chi connectivity index (χ4n) is 2.14. The minimum atomic E-state index is -4.95. The molecule has 0 N–H and O–H groups in total. The van der Waals surface area contributed by atoms with Gasteiger partial charge in [0.05, 0.1) is 0 Å². The molecule has 2 rings (SSSR count). The second-order valence-corrected chi connectivity index (χ2v) is 7.43. The lowest BCUT2D eigenvalue weighted by Gasteiger charge is -2.26. The van der Waals surface area contributed by atoms with Crippen molar-refractivity contribution in [3.63, 3.8) is 0 Å². The highest BCUT2D eigenvalue weighted by molar-refractivity contribution is 9.10. The molecule has 0 saturated carbocycles. The highest BCUT2D eigenvalue weighted by atomic mass is 79.9. The van der Waals surface area contributed by atoms with E-state index >= 15 is 0 Å². The molecule has 0 amide bonds. The van der Waals surface area contributed by atoms with Crippen LogP contribution < -0.4 is 4.74 Å². The minimum absolute atomic E-state index is 0.305. The largest absolute Gasteiger partial charge is 0.573 e. The Labute approximate surface area is 129 Å². The summed E-state index contributed by atoms with van der Waals surface area (Å²) in [6.07, 6.45) is -2.64. The first-order valence-electron chi connectivity index (χ1n) is 6.25. The summed E-state index contributed by atoms with van der Waals surface area (Å²) in [4.78, 5) is -0.468. The van der Waals surface area contributed by atoms with Gasteiger partial charge in [0.1, 0.15) is 4.90 Å². The summed E-state index contributed by atoms with van der Waals surface area (Å²) < 4.78 is 67.6. The lowest BCUT2D eigenvalue weighted by molar-refractivity contribution is -0.275. The van der Waals surface area contributed by atoms with Crippen molar-refractivity contribution < 1.29 is 26.3 Å². The number of hydrogen-bond donors (Lipinski definition) is 0. The van der Waals surface area contributed by atoms with Gasteiger partial charge in [0, 0.05) is 17.6 Å². The van der Waals surface area contributed by atoms with Crippen molar-refractivity contribution in [1.29, 1.82) is 0 Å². The van der Waals surface area contributed by atoms with Crippen LogP contribution in [0.3, 0.4) is 0 Å². The van der Waals surface area contributed by atoms with E-state index in [1.165, 1.54) is 10.4 Å². The second kappa shape index (κ2) is 6.13. The SMILES string of the molecule is O=S(=O)(c1ccc(Br)cc1OC(F)(F)F)N1CCCCC1. The molecule has 1 fully saturated rings. The van der Waals surface area contributed by atoms with Crippen LogP contribution in [0.1, 0.15) is 19.3 Å². The molecule has 21 heavy (non-hydrogen) atoms. The van der Waals surface area contributed by atoms with E-state index in [9.17, 15) is 21.6 Å². The molecule has 0 spiro atoms. The van der Waals surface area contributed by atoms with Crippen LogP contribution in [0, 0.1) is 0 Å². The van der Waals surface area contributed by atoms with Gasteiger partial charge in [-0.15, -0.1) is 13.2 Å². The van der Waals surface area contributed by atoms with Crippen LogP contribution in [-0.2, 0) is 10.0 Å². The molecule has 4 nitrogen and oxygen atoms in total. The molecule has 0 bridgehead atoms. The van der Waals surface area contributed by atoms with Gasteiger partial charge in [0.15, 0.2) is 5.75 Å². The standard InChI is InChI=1S/C12H13BrF3NO3S/c13-9-4-5-11(10(8-9)20-12(14,15)16)21(18,19)17-6-2-1-3-7-17/h4-5,8H,1-3,6-7H2. The van der Waals surface area contributed by atoms with Gasteiger partial charge < -0.3 is 4.74 Å². The Morgan fingerprint density at radius 2 is 1.76 bits per heavy atom. The summed E-state index contributed by atoms with van der Waals surface area (Å²) >= 11 is 3.01. The maximum atomic E-state index is 12.5. The summed E-state index contributed by atoms with van der Waals surface area (Å²) in [6.45, 7) is 0.619. The molecule has 1 heterocycles. The van der Waals surface area contributed by atoms with E-state index in [-0.39, 0.29) is 0 Å². The van der Waals surface area contributed by atoms with Crippen molar-refractivity contribution in [3.05, 3.63) is 22.7 Å². The molecule has 1 aliphatic rings. The molecule has 1 aromatic rings. The van der Waals surface area contributed by atoms with E-state index in [2.05, 4.69) is 20.7 Å². The van der Waals surface area contributed by atoms with E-state index in [0.29, 0.717) is 30.4 Å². The van der Waals surface area contributed by atoms with Crippen LogP contribution in [0.15, 0.2) is 27.6 Å². The summed E-state index contributed by atoms with van der Waals surface area (Å²) in [5.41, 5.74) is 0. The topological polar surface area (TPSA) is 46.6 Å². The van der Waals surface area contributed by atoms with Crippen molar-refractivity contribution in [2.75, 3.05) is 13.1 Å². The Hall–Kier alpha value is -0.800. The highest BCUT2D eigenvalue weighted by Gasteiger charge is 2.36. The predicted molar refractivity (Wildman–Crippen MR) is 73.4 cm³/mol. The first-order chi connectivity index (χ1) is 9.70. The van der Waals surface area contributed by atoms with Gasteiger partial charge in [-0.2, -0.15) is 4.31 Å². The molecule has 1 aromatic carbocycles. The zero-order chi connectivity index (χ0) is 15.7. The number of hydrogen-bond acceptors (Lipinski definition) is 3. The highest BCUT2D eigenvalue weighted by Crippen LogP contribution is 2.34. The number of halogens is 4. The number of ether oxygens (including phenoxy) is 1. The van der Waals surface area contributed by atoms with Crippen molar-refractivity contribution in [3.8, 4) is 5.75 Å². The van der Waals surface area contributed by atoms with Crippen molar-refractivity contribution in [2.24, 2.45) is 0 Å². The summed E-state index contributed by atoms with van der Waals surface area (Å²) in [7, 11) is -3.99. The van der Waals surface area contributed by atoms with E-state index in [1.54, 1.807) is 0 Å². The van der Waals surface area contributed by atoms with Crippen LogP contribution in [0.4, 0.5) is 13.2 Å². The molecule has 9 heteroatoms. The number of nitrogens with zero attached hydrogens (tertiary/aromatic N) is 1. The van der Waals surface area contributed by atoms with E-state index < -0.39 is 27.0 Å². The van der Waals surface area contributed by atoms with Gasteiger partial charge in [-0.1, -0.05) is 22.4 Å². The van der Waals surface area contributed by atoms with Crippen LogP contribution in [0.25, 0.3) is 0 Å². The van der Waals surface area contributed by atoms with Crippen LogP contribution in [0.5, 0.6) is 5.75 Å². The summed E-state index contributed by atoms with van der Waals surface area (Å²) in [5.74, 6) is -0.720. The maximum Gasteiger partial charge on any atom is 0.573 e. The molecule has 0 atom stereocenters. The molecule has 0 unspecified atom stereocenters. The summed E-state index contributed by atoms with van der Waals surface area (Å²) in [6, 6.07) is 3.50. The van der Waals surface area contributed by atoms with E-state index in [4.69, 9.17) is 0 Å². The number of piperidine rings is 1. The van der Waals surface area contributed by atoms with Gasteiger partial charge in [-0.05, 0) is 31.0 Å². The molecule has 0 aromatic heterocycles. The number of rotatable bonds is 3. The fraction of sp³-hybridized carbons (Fsp3) is 0.500. The number of benzene rings is 1. The summed E-state index contributed by atoms with van der Waals surface area (Å²) in [5, 5.41) is 0. The van der Waals surface area contributed by atoms with Crippen molar-refractivity contribution in [2.45, 2.75) is 30.5 Å². The van der Waals surface area contributed by atoms with Gasteiger partial charge in [-0.25, -0.2) is 8.42 Å². The molecule has 118 valence electrons. The normalized spacial score (nSPS) is 17.7. The quantitative estimate of drug-likeness (QED) is 0.796. The number of alkyl halides is 3. The third-order valence-electron chi connectivity index (χ3n) is 3.06. The Balaban J connectivity index is 2.42. The predicted octanol–water partition coefficient (Wildman–Crippen LogP) is 3.52. The van der Waals surface area contributed by atoms with Gasteiger partial charge in [0.25, 0.3) is 0 Å². The maximum absolute atomic E-state index is 12.5. The molecule has 0 radical (unpaired) electrons. The Kier molecular flexibility index (Phi) is 4.84. The van der Waals surface area contributed by atoms with Crippen molar-refractivity contribution in [1.82, 2.24) is 4.31 Å². The van der Waals surface area contributed by atoms with Gasteiger partial charge in [-0.3, -0.25) is 0 Å². The smallest absolute Gasteiger partial charge is 0.404 e. The minimum Gasteiger partial charge on any atom is -0.404 e. The molecule has 0 aliphatic carbocycles. The first kappa shape index (κ1) is 16.6. The second-order valence-electron chi connectivity index (χ2n) is 4.60. The fourth-order valence-corrected chi connectivity index (χ4v) is 4.10.